The number of ether oxygens (including phenoxy) is 2. The van der Waals surface area contributed by atoms with Crippen LogP contribution in [0.5, 0.6) is 11.5 Å². The van der Waals surface area contributed by atoms with Gasteiger partial charge in [0.25, 0.3) is 5.91 Å². The van der Waals surface area contributed by atoms with Gasteiger partial charge in [-0.25, -0.2) is 9.97 Å². The summed E-state index contributed by atoms with van der Waals surface area (Å²) in [6.07, 6.45) is 2.98. The summed E-state index contributed by atoms with van der Waals surface area (Å²) in [7, 11) is 0. The third kappa shape index (κ3) is 3.52. The van der Waals surface area contributed by atoms with Crippen molar-refractivity contribution < 1.29 is 14.3 Å². The molecule has 0 atom stereocenters. The summed E-state index contributed by atoms with van der Waals surface area (Å²) in [4.78, 5) is 20.9. The van der Waals surface area contributed by atoms with Crippen molar-refractivity contribution in [2.24, 2.45) is 0 Å². The van der Waals surface area contributed by atoms with Crippen LogP contribution in [-0.4, -0.2) is 22.7 Å². The molecule has 0 radical (unpaired) electrons. The summed E-state index contributed by atoms with van der Waals surface area (Å²) in [5, 5.41) is 5.97. The molecule has 3 aromatic rings. The second kappa shape index (κ2) is 6.95. The highest BCUT2D eigenvalue weighted by Crippen LogP contribution is 2.34. The van der Waals surface area contributed by atoms with Gasteiger partial charge in [-0.15, -0.1) is 0 Å². The van der Waals surface area contributed by atoms with E-state index >= 15 is 0 Å². The molecule has 0 unspecified atom stereocenters. The fraction of sp³-hybridized carbons (Fsp3) is 0.150. The van der Waals surface area contributed by atoms with Crippen LogP contribution in [0.1, 0.15) is 21.5 Å². The minimum atomic E-state index is -0.252. The van der Waals surface area contributed by atoms with Crippen LogP contribution in [-0.2, 0) is 0 Å². The zero-order valence-electron chi connectivity index (χ0n) is 14.9. The standard InChI is InChI=1S/C20H18N4O3/c1-12-4-3-5-16(13(12)2)24-19(25)14-9-21-20(22-10-14)23-15-6-7-17-18(8-15)27-11-26-17/h3-10H,11H2,1-2H3,(H,24,25)(H,21,22,23). The fourth-order valence-corrected chi connectivity index (χ4v) is 2.69. The molecule has 1 aromatic heterocycles. The van der Waals surface area contributed by atoms with Gasteiger partial charge >= 0.3 is 0 Å². The molecule has 1 amide bonds. The number of hydrogen-bond donors (Lipinski definition) is 2. The Morgan fingerprint density at radius 1 is 1.04 bits per heavy atom. The quantitative estimate of drug-likeness (QED) is 0.734. The maximum absolute atomic E-state index is 12.4. The lowest BCUT2D eigenvalue weighted by atomic mass is 10.1. The van der Waals surface area contributed by atoms with Gasteiger partial charge in [-0.05, 0) is 43.2 Å². The second-order valence-corrected chi connectivity index (χ2v) is 6.19. The largest absolute Gasteiger partial charge is 0.454 e. The van der Waals surface area contributed by atoms with Gasteiger partial charge in [-0.1, -0.05) is 12.1 Å². The number of nitrogens with one attached hydrogen (secondary N) is 2. The summed E-state index contributed by atoms with van der Waals surface area (Å²) in [6.45, 7) is 4.20. The lowest BCUT2D eigenvalue weighted by Gasteiger charge is -2.10. The number of rotatable bonds is 4. The number of benzene rings is 2. The summed E-state index contributed by atoms with van der Waals surface area (Å²) in [5.41, 5.74) is 4.08. The Kier molecular flexibility index (Phi) is 4.33. The van der Waals surface area contributed by atoms with Crippen molar-refractivity contribution in [2.75, 3.05) is 17.4 Å². The first kappa shape index (κ1) is 16.8. The smallest absolute Gasteiger partial charge is 0.258 e. The Morgan fingerprint density at radius 2 is 1.81 bits per heavy atom. The van der Waals surface area contributed by atoms with Crippen LogP contribution in [0.4, 0.5) is 17.3 Å². The minimum absolute atomic E-state index is 0.222. The maximum Gasteiger partial charge on any atom is 0.258 e. The molecule has 2 aromatic carbocycles. The van der Waals surface area contributed by atoms with Gasteiger partial charge in [0.2, 0.25) is 12.7 Å². The molecule has 0 saturated heterocycles. The van der Waals surface area contributed by atoms with Gasteiger partial charge in [0, 0.05) is 29.8 Å². The summed E-state index contributed by atoms with van der Waals surface area (Å²) >= 11 is 0. The molecule has 7 heteroatoms. The molecule has 0 spiro atoms. The molecule has 1 aliphatic rings. The van der Waals surface area contributed by atoms with Crippen LogP contribution in [0.25, 0.3) is 0 Å². The highest BCUT2D eigenvalue weighted by Gasteiger charge is 2.14. The Hall–Kier alpha value is -3.61. The first-order valence-corrected chi connectivity index (χ1v) is 8.46. The monoisotopic (exact) mass is 362 g/mol. The number of hydrogen-bond acceptors (Lipinski definition) is 6. The Morgan fingerprint density at radius 3 is 2.63 bits per heavy atom. The Bertz CT molecular complexity index is 1000. The van der Waals surface area contributed by atoms with E-state index in [0.717, 1.165) is 22.5 Å². The van der Waals surface area contributed by atoms with Crippen molar-refractivity contribution in [3.8, 4) is 11.5 Å². The zero-order chi connectivity index (χ0) is 18.8. The van der Waals surface area contributed by atoms with E-state index in [-0.39, 0.29) is 12.7 Å². The predicted molar refractivity (Wildman–Crippen MR) is 102 cm³/mol. The maximum atomic E-state index is 12.4. The van der Waals surface area contributed by atoms with Crippen LogP contribution in [0.15, 0.2) is 48.8 Å². The molecule has 27 heavy (non-hydrogen) atoms. The molecule has 7 nitrogen and oxygen atoms in total. The molecule has 4 rings (SSSR count). The number of nitrogens with zero attached hydrogens (tertiary/aromatic N) is 2. The third-order valence-electron chi connectivity index (χ3n) is 4.40. The van der Waals surface area contributed by atoms with E-state index in [9.17, 15) is 4.79 Å². The van der Waals surface area contributed by atoms with Gasteiger partial charge in [-0.3, -0.25) is 4.79 Å². The van der Waals surface area contributed by atoms with Crippen molar-refractivity contribution in [1.82, 2.24) is 9.97 Å². The highest BCUT2D eigenvalue weighted by atomic mass is 16.7. The second-order valence-electron chi connectivity index (χ2n) is 6.19. The van der Waals surface area contributed by atoms with Crippen molar-refractivity contribution in [3.05, 3.63) is 65.5 Å². The lowest BCUT2D eigenvalue weighted by molar-refractivity contribution is 0.102. The summed E-state index contributed by atoms with van der Waals surface area (Å²) < 4.78 is 10.6. The zero-order valence-corrected chi connectivity index (χ0v) is 14.9. The highest BCUT2D eigenvalue weighted by molar-refractivity contribution is 6.04. The Balaban J connectivity index is 1.45. The van der Waals surface area contributed by atoms with E-state index in [0.29, 0.717) is 23.0 Å². The van der Waals surface area contributed by atoms with Crippen molar-refractivity contribution in [3.63, 3.8) is 0 Å². The topological polar surface area (TPSA) is 85.4 Å². The number of aryl methyl sites for hydroxylation is 1. The van der Waals surface area contributed by atoms with Gasteiger partial charge < -0.3 is 20.1 Å². The van der Waals surface area contributed by atoms with Gasteiger partial charge in [-0.2, -0.15) is 0 Å². The molecular weight excluding hydrogens is 344 g/mol. The molecule has 0 saturated carbocycles. The number of anilines is 3. The molecule has 2 N–H and O–H groups in total. The first-order valence-electron chi connectivity index (χ1n) is 8.46. The lowest BCUT2D eigenvalue weighted by Crippen LogP contribution is -2.14. The number of amides is 1. The van der Waals surface area contributed by atoms with Crippen molar-refractivity contribution in [1.29, 1.82) is 0 Å². The van der Waals surface area contributed by atoms with Crippen LogP contribution < -0.4 is 20.1 Å². The molecular formula is C20H18N4O3. The Labute approximate surface area is 156 Å². The van der Waals surface area contributed by atoms with Crippen LogP contribution in [0, 0.1) is 13.8 Å². The van der Waals surface area contributed by atoms with E-state index in [4.69, 9.17) is 9.47 Å². The minimum Gasteiger partial charge on any atom is -0.454 e. The average Bonchev–Trinajstić information content (AvgIpc) is 3.14. The molecule has 1 aliphatic heterocycles. The number of aromatic nitrogens is 2. The van der Waals surface area contributed by atoms with Crippen molar-refractivity contribution in [2.45, 2.75) is 13.8 Å². The normalized spacial score (nSPS) is 11.9. The molecule has 0 bridgehead atoms. The molecule has 0 aliphatic carbocycles. The van der Waals surface area contributed by atoms with E-state index in [2.05, 4.69) is 20.6 Å². The molecule has 2 heterocycles. The van der Waals surface area contributed by atoms with E-state index < -0.39 is 0 Å². The molecule has 136 valence electrons. The van der Waals surface area contributed by atoms with Gasteiger partial charge in [0.1, 0.15) is 0 Å². The van der Waals surface area contributed by atoms with Gasteiger partial charge in [0.15, 0.2) is 11.5 Å². The summed E-state index contributed by atoms with van der Waals surface area (Å²) in [5.74, 6) is 1.51. The van der Waals surface area contributed by atoms with Gasteiger partial charge in [0.05, 0.1) is 5.56 Å². The number of carbonyl (C=O) groups is 1. The van der Waals surface area contributed by atoms with E-state index in [1.807, 2.05) is 50.2 Å². The SMILES string of the molecule is Cc1cccc(NC(=O)c2cnc(Nc3ccc4c(c3)OCO4)nc2)c1C. The van der Waals surface area contributed by atoms with E-state index in [1.54, 1.807) is 0 Å². The van der Waals surface area contributed by atoms with Crippen LogP contribution in [0.3, 0.4) is 0 Å². The third-order valence-corrected chi connectivity index (χ3v) is 4.40. The first-order chi connectivity index (χ1) is 13.1. The van der Waals surface area contributed by atoms with Crippen molar-refractivity contribution >= 4 is 23.2 Å². The predicted octanol–water partition coefficient (Wildman–Crippen LogP) is 3.82. The number of carbonyl (C=O) groups excluding carboxylic acids is 1. The van der Waals surface area contributed by atoms with Crippen LogP contribution >= 0.6 is 0 Å². The summed E-state index contributed by atoms with van der Waals surface area (Å²) in [6, 6.07) is 11.3. The average molecular weight is 362 g/mol. The van der Waals surface area contributed by atoms with E-state index in [1.165, 1.54) is 12.4 Å². The fourth-order valence-electron chi connectivity index (χ4n) is 2.69. The van der Waals surface area contributed by atoms with Crippen LogP contribution in [0.2, 0.25) is 0 Å². The molecule has 0 fully saturated rings. The number of fused-ring (bicyclic) bond motifs is 1.